The highest BCUT2D eigenvalue weighted by Crippen LogP contribution is 2.31. The molecule has 33 heavy (non-hydrogen) atoms. The predicted molar refractivity (Wildman–Crippen MR) is 132 cm³/mol. The number of nitrogens with one attached hydrogen (secondary N) is 1. The van der Waals surface area contributed by atoms with E-state index in [-0.39, 0.29) is 17.6 Å². The highest BCUT2D eigenvalue weighted by molar-refractivity contribution is 6.31. The molecule has 1 aliphatic heterocycles. The lowest BCUT2D eigenvalue weighted by molar-refractivity contribution is 0.0973. The van der Waals surface area contributed by atoms with Gasteiger partial charge in [0.25, 0.3) is 11.8 Å². The molecule has 3 aromatic carbocycles. The van der Waals surface area contributed by atoms with Crippen molar-refractivity contribution in [1.82, 2.24) is 0 Å². The summed E-state index contributed by atoms with van der Waals surface area (Å²) in [4.78, 5) is 40.3. The number of hydrogen-bond donors (Lipinski definition) is 1. The lowest BCUT2D eigenvalue weighted by atomic mass is 10.0. The SMILES string of the molecule is Cc1ccc(C(=O)Nc2ccc(C(=O)N3CCCC(=O)c4cc(Cl)ccc43)c(C)c2)c(C)c1. The van der Waals surface area contributed by atoms with Crippen LogP contribution in [0.25, 0.3) is 0 Å². The van der Waals surface area contributed by atoms with Crippen molar-refractivity contribution in [1.29, 1.82) is 0 Å². The fraction of sp³-hybridized carbons (Fsp3) is 0.222. The van der Waals surface area contributed by atoms with Crippen LogP contribution < -0.4 is 10.2 Å². The predicted octanol–water partition coefficient (Wildman–Crippen LogP) is 6.14. The second kappa shape index (κ2) is 9.20. The average Bonchev–Trinajstić information content (AvgIpc) is 2.92. The van der Waals surface area contributed by atoms with E-state index in [1.165, 1.54) is 0 Å². The van der Waals surface area contributed by atoms with Gasteiger partial charge in [0.05, 0.1) is 5.69 Å². The molecular formula is C27H25ClN2O3. The average molecular weight is 461 g/mol. The molecule has 2 amide bonds. The Bertz CT molecular complexity index is 1280. The largest absolute Gasteiger partial charge is 0.322 e. The van der Waals surface area contributed by atoms with Gasteiger partial charge in [0, 0.05) is 40.4 Å². The molecule has 0 radical (unpaired) electrons. The summed E-state index contributed by atoms with van der Waals surface area (Å²) in [5.41, 5.74) is 5.56. The molecule has 1 N–H and O–H groups in total. The summed E-state index contributed by atoms with van der Waals surface area (Å²) in [6, 6.07) is 16.0. The van der Waals surface area contributed by atoms with Gasteiger partial charge >= 0.3 is 0 Å². The van der Waals surface area contributed by atoms with Crippen LogP contribution in [0.3, 0.4) is 0 Å². The van der Waals surface area contributed by atoms with Crippen LogP contribution in [-0.4, -0.2) is 24.1 Å². The van der Waals surface area contributed by atoms with E-state index >= 15 is 0 Å². The quantitative estimate of drug-likeness (QED) is 0.510. The van der Waals surface area contributed by atoms with Crippen molar-refractivity contribution in [3.05, 3.63) is 93.0 Å². The van der Waals surface area contributed by atoms with Crippen molar-refractivity contribution in [2.24, 2.45) is 0 Å². The van der Waals surface area contributed by atoms with E-state index in [2.05, 4.69) is 5.32 Å². The maximum absolute atomic E-state index is 13.5. The fourth-order valence-electron chi connectivity index (χ4n) is 4.22. The first-order valence-electron chi connectivity index (χ1n) is 10.9. The van der Waals surface area contributed by atoms with E-state index in [1.54, 1.807) is 41.3 Å². The first-order valence-corrected chi connectivity index (χ1v) is 11.3. The number of fused-ring (bicyclic) bond motifs is 1. The number of hydrogen-bond acceptors (Lipinski definition) is 3. The third-order valence-corrected chi connectivity index (χ3v) is 6.16. The molecule has 0 bridgehead atoms. The standard InChI is InChI=1S/C27H25ClN2O3/c1-16-6-9-21(17(2)13-16)26(32)29-20-8-10-22(18(3)14-20)27(33)30-12-4-5-25(31)23-15-19(28)7-11-24(23)30/h6-11,13-15H,4-5,12H2,1-3H3,(H,29,32). The Morgan fingerprint density at radius 3 is 2.36 bits per heavy atom. The van der Waals surface area contributed by atoms with Gasteiger partial charge in [0.15, 0.2) is 5.78 Å². The third-order valence-electron chi connectivity index (χ3n) is 5.92. The number of carbonyl (C=O) groups excluding carboxylic acids is 3. The monoisotopic (exact) mass is 460 g/mol. The summed E-state index contributed by atoms with van der Waals surface area (Å²) in [6.07, 6.45) is 0.958. The Labute approximate surface area is 198 Å². The number of ketones is 1. The number of amides is 2. The van der Waals surface area contributed by atoms with Gasteiger partial charge in [-0.05, 0) is 80.8 Å². The number of benzene rings is 3. The molecule has 5 nitrogen and oxygen atoms in total. The molecule has 1 aliphatic rings. The lowest BCUT2D eigenvalue weighted by Gasteiger charge is -2.23. The number of carbonyl (C=O) groups is 3. The van der Waals surface area contributed by atoms with Gasteiger partial charge in [-0.15, -0.1) is 0 Å². The number of halogens is 1. The number of nitrogens with zero attached hydrogens (tertiary/aromatic N) is 1. The molecule has 0 aliphatic carbocycles. The maximum Gasteiger partial charge on any atom is 0.258 e. The summed E-state index contributed by atoms with van der Waals surface area (Å²) in [7, 11) is 0. The fourth-order valence-corrected chi connectivity index (χ4v) is 4.40. The molecule has 0 unspecified atom stereocenters. The van der Waals surface area contributed by atoms with Crippen LogP contribution in [0.5, 0.6) is 0 Å². The van der Waals surface area contributed by atoms with E-state index in [0.29, 0.717) is 52.5 Å². The van der Waals surface area contributed by atoms with Crippen molar-refractivity contribution in [3.63, 3.8) is 0 Å². The molecular weight excluding hydrogens is 436 g/mol. The molecule has 3 aromatic rings. The zero-order valence-corrected chi connectivity index (χ0v) is 19.6. The second-order valence-electron chi connectivity index (χ2n) is 8.45. The molecule has 0 fully saturated rings. The molecule has 168 valence electrons. The lowest BCUT2D eigenvalue weighted by Crippen LogP contribution is -2.32. The topological polar surface area (TPSA) is 66.5 Å². The molecule has 0 saturated heterocycles. The summed E-state index contributed by atoms with van der Waals surface area (Å²) in [5, 5.41) is 3.39. The van der Waals surface area contributed by atoms with Crippen molar-refractivity contribution in [3.8, 4) is 0 Å². The Balaban J connectivity index is 1.59. The minimum absolute atomic E-state index is 0.0102. The molecule has 0 atom stereocenters. The van der Waals surface area contributed by atoms with Crippen LogP contribution >= 0.6 is 11.6 Å². The zero-order chi connectivity index (χ0) is 23.7. The van der Waals surface area contributed by atoms with E-state index in [4.69, 9.17) is 11.6 Å². The summed E-state index contributed by atoms with van der Waals surface area (Å²) >= 11 is 6.10. The van der Waals surface area contributed by atoms with Crippen molar-refractivity contribution >= 4 is 40.6 Å². The van der Waals surface area contributed by atoms with Crippen LogP contribution in [0, 0.1) is 20.8 Å². The van der Waals surface area contributed by atoms with E-state index < -0.39 is 0 Å². The van der Waals surface area contributed by atoms with Gasteiger partial charge in [0.1, 0.15) is 0 Å². The van der Waals surface area contributed by atoms with Crippen molar-refractivity contribution in [2.45, 2.75) is 33.6 Å². The Morgan fingerprint density at radius 1 is 0.909 bits per heavy atom. The molecule has 1 heterocycles. The van der Waals surface area contributed by atoms with Gasteiger partial charge in [-0.25, -0.2) is 0 Å². The Hall–Kier alpha value is -3.44. The number of aryl methyl sites for hydroxylation is 3. The second-order valence-corrected chi connectivity index (χ2v) is 8.88. The Kier molecular flexibility index (Phi) is 6.34. The van der Waals surface area contributed by atoms with E-state index in [9.17, 15) is 14.4 Å². The van der Waals surface area contributed by atoms with Crippen LogP contribution in [0.15, 0.2) is 54.6 Å². The summed E-state index contributed by atoms with van der Waals surface area (Å²) in [6.45, 7) is 6.18. The number of anilines is 2. The highest BCUT2D eigenvalue weighted by Gasteiger charge is 2.27. The minimum atomic E-state index is -0.192. The van der Waals surface area contributed by atoms with Gasteiger partial charge in [-0.3, -0.25) is 14.4 Å². The van der Waals surface area contributed by atoms with Crippen LogP contribution in [0.4, 0.5) is 11.4 Å². The van der Waals surface area contributed by atoms with E-state index in [1.807, 2.05) is 39.0 Å². The maximum atomic E-state index is 13.5. The first-order chi connectivity index (χ1) is 15.7. The highest BCUT2D eigenvalue weighted by atomic mass is 35.5. The van der Waals surface area contributed by atoms with Crippen molar-refractivity contribution in [2.75, 3.05) is 16.8 Å². The van der Waals surface area contributed by atoms with E-state index in [0.717, 1.165) is 16.7 Å². The Morgan fingerprint density at radius 2 is 1.64 bits per heavy atom. The van der Waals surface area contributed by atoms with Crippen LogP contribution in [-0.2, 0) is 0 Å². The first kappa shape index (κ1) is 22.7. The van der Waals surface area contributed by atoms with Crippen molar-refractivity contribution < 1.29 is 14.4 Å². The zero-order valence-electron chi connectivity index (χ0n) is 18.9. The molecule has 0 spiro atoms. The molecule has 6 heteroatoms. The summed E-state index contributed by atoms with van der Waals surface area (Å²) < 4.78 is 0. The molecule has 0 aromatic heterocycles. The van der Waals surface area contributed by atoms with Gasteiger partial charge in [0.2, 0.25) is 0 Å². The number of Topliss-reactive ketones (excluding diaryl/α,β-unsaturated/α-hetero) is 1. The third kappa shape index (κ3) is 4.69. The summed E-state index contributed by atoms with van der Waals surface area (Å²) in [5.74, 6) is -0.384. The minimum Gasteiger partial charge on any atom is -0.322 e. The smallest absolute Gasteiger partial charge is 0.258 e. The van der Waals surface area contributed by atoms with Gasteiger partial charge in [-0.2, -0.15) is 0 Å². The molecule has 0 saturated carbocycles. The van der Waals surface area contributed by atoms with Gasteiger partial charge < -0.3 is 10.2 Å². The molecule has 4 rings (SSSR count). The van der Waals surface area contributed by atoms with Crippen LogP contribution in [0.2, 0.25) is 5.02 Å². The number of rotatable bonds is 3. The van der Waals surface area contributed by atoms with Crippen LogP contribution in [0.1, 0.15) is 60.6 Å². The normalized spacial score (nSPS) is 13.3. The van der Waals surface area contributed by atoms with Gasteiger partial charge in [-0.1, -0.05) is 29.3 Å².